The maximum atomic E-state index is 12.7. The van der Waals surface area contributed by atoms with Gasteiger partial charge in [-0.15, -0.1) is 0 Å². The summed E-state index contributed by atoms with van der Waals surface area (Å²) in [5.41, 5.74) is 0.00167. The summed E-state index contributed by atoms with van der Waals surface area (Å²) in [7, 11) is 0. The van der Waals surface area contributed by atoms with Gasteiger partial charge in [-0.3, -0.25) is 4.79 Å². The van der Waals surface area contributed by atoms with Gasteiger partial charge < -0.3 is 0 Å². The standard InChI is InChI=1S/C14H9F3N4O2/c1-7-5-8(3-4-9(7)18-2)20-12(22)10-6-11(14(15,16)17)19-21(10)13(20)23/h3-5,10H,6H2,1H3. The normalized spacial score (nSPS) is 20.7. The molecule has 23 heavy (non-hydrogen) atoms. The lowest BCUT2D eigenvalue weighted by atomic mass is 10.1. The second kappa shape index (κ2) is 4.81. The molecule has 0 saturated carbocycles. The Labute approximate surface area is 128 Å². The molecule has 2 aliphatic rings. The smallest absolute Gasteiger partial charge is 0.271 e. The van der Waals surface area contributed by atoms with Crippen molar-refractivity contribution >= 4 is 29.0 Å². The molecule has 1 atom stereocenters. The third-order valence-electron chi connectivity index (χ3n) is 3.69. The number of carbonyl (C=O) groups excluding carboxylic acids is 2. The number of fused-ring (bicyclic) bond motifs is 1. The van der Waals surface area contributed by atoms with Crippen molar-refractivity contribution in [3.63, 3.8) is 0 Å². The first-order valence-corrected chi connectivity index (χ1v) is 6.54. The Morgan fingerprint density at radius 2 is 2.04 bits per heavy atom. The molecule has 3 amide bonds. The van der Waals surface area contributed by atoms with Gasteiger partial charge in [0.1, 0.15) is 11.8 Å². The van der Waals surface area contributed by atoms with E-state index in [1.54, 1.807) is 6.92 Å². The lowest BCUT2D eigenvalue weighted by Crippen LogP contribution is -2.34. The van der Waals surface area contributed by atoms with Crippen molar-refractivity contribution in [1.29, 1.82) is 0 Å². The predicted molar refractivity (Wildman–Crippen MR) is 74.1 cm³/mol. The number of urea groups is 1. The van der Waals surface area contributed by atoms with Gasteiger partial charge >= 0.3 is 12.2 Å². The quantitative estimate of drug-likeness (QED) is 0.589. The summed E-state index contributed by atoms with van der Waals surface area (Å²) in [6, 6.07) is 2.15. The summed E-state index contributed by atoms with van der Waals surface area (Å²) in [6.07, 6.45) is -5.31. The van der Waals surface area contributed by atoms with Crippen LogP contribution in [0.1, 0.15) is 12.0 Å². The Kier molecular flexibility index (Phi) is 3.14. The van der Waals surface area contributed by atoms with Gasteiger partial charge in [0.2, 0.25) is 0 Å². The van der Waals surface area contributed by atoms with E-state index in [0.717, 1.165) is 4.90 Å². The lowest BCUT2D eigenvalue weighted by Gasteiger charge is -2.15. The van der Waals surface area contributed by atoms with E-state index < -0.39 is 36.3 Å². The van der Waals surface area contributed by atoms with Gasteiger partial charge in [-0.25, -0.2) is 19.5 Å². The number of imide groups is 1. The fraction of sp³-hybridized carbons (Fsp3) is 0.286. The van der Waals surface area contributed by atoms with Crippen LogP contribution in [0.3, 0.4) is 0 Å². The number of hydrogen-bond acceptors (Lipinski definition) is 3. The first kappa shape index (κ1) is 15.0. The van der Waals surface area contributed by atoms with Gasteiger partial charge in [-0.2, -0.15) is 18.3 Å². The number of amides is 3. The Bertz CT molecular complexity index is 794. The van der Waals surface area contributed by atoms with Gasteiger partial charge in [-0.1, -0.05) is 6.07 Å². The average Bonchev–Trinajstić information content (AvgIpc) is 3.00. The number of nitrogens with zero attached hydrogens (tertiary/aromatic N) is 4. The van der Waals surface area contributed by atoms with E-state index in [9.17, 15) is 22.8 Å². The number of anilines is 1. The molecule has 9 heteroatoms. The van der Waals surface area contributed by atoms with E-state index in [0.29, 0.717) is 16.3 Å². The molecule has 118 valence electrons. The largest absolute Gasteiger partial charge is 0.431 e. The number of carbonyl (C=O) groups is 2. The highest BCUT2D eigenvalue weighted by Crippen LogP contribution is 2.35. The molecule has 1 saturated heterocycles. The van der Waals surface area contributed by atoms with Gasteiger partial charge in [0, 0.05) is 6.42 Å². The van der Waals surface area contributed by atoms with Crippen LogP contribution in [0.25, 0.3) is 4.85 Å². The Balaban J connectivity index is 1.95. The van der Waals surface area contributed by atoms with Gasteiger partial charge in [0.05, 0.1) is 12.3 Å². The molecule has 0 aliphatic carbocycles. The SMILES string of the molecule is [C-]#[N+]c1ccc(N2C(=O)C3CC(C(F)(F)F)=NN3C2=O)cc1C. The molecule has 0 radical (unpaired) electrons. The van der Waals surface area contributed by atoms with Crippen molar-refractivity contribution < 1.29 is 22.8 Å². The van der Waals surface area contributed by atoms with Gasteiger partial charge in [0.15, 0.2) is 5.69 Å². The molecule has 1 aromatic carbocycles. The average molecular weight is 322 g/mol. The molecule has 1 unspecified atom stereocenters. The first-order valence-electron chi connectivity index (χ1n) is 6.54. The minimum atomic E-state index is -4.66. The van der Waals surface area contributed by atoms with E-state index in [4.69, 9.17) is 6.57 Å². The van der Waals surface area contributed by atoms with E-state index in [2.05, 4.69) is 9.95 Å². The van der Waals surface area contributed by atoms with Crippen LogP contribution in [0.15, 0.2) is 23.3 Å². The number of hydrazone groups is 1. The maximum Gasteiger partial charge on any atom is 0.431 e. The minimum absolute atomic E-state index is 0.211. The molecular formula is C14H9F3N4O2. The minimum Gasteiger partial charge on any atom is -0.271 e. The monoisotopic (exact) mass is 322 g/mol. The molecule has 1 fully saturated rings. The molecule has 2 heterocycles. The van der Waals surface area contributed by atoms with Crippen LogP contribution in [0, 0.1) is 13.5 Å². The van der Waals surface area contributed by atoms with Crippen LogP contribution in [0.5, 0.6) is 0 Å². The molecule has 1 aromatic rings. The summed E-state index contributed by atoms with van der Waals surface area (Å²) in [6.45, 7) is 8.61. The number of halogens is 3. The van der Waals surface area contributed by atoms with Crippen LogP contribution in [0.4, 0.5) is 29.3 Å². The topological polar surface area (TPSA) is 57.3 Å². The number of rotatable bonds is 1. The maximum absolute atomic E-state index is 12.7. The summed E-state index contributed by atoms with van der Waals surface area (Å²) in [5.74, 6) is -0.757. The molecule has 3 rings (SSSR count). The second-order valence-electron chi connectivity index (χ2n) is 5.15. The molecule has 0 spiro atoms. The zero-order valence-electron chi connectivity index (χ0n) is 11.8. The summed E-state index contributed by atoms with van der Waals surface area (Å²) < 4.78 is 38.0. The molecule has 0 bridgehead atoms. The highest BCUT2D eigenvalue weighted by molar-refractivity contribution is 6.23. The fourth-order valence-corrected chi connectivity index (χ4v) is 2.54. The predicted octanol–water partition coefficient (Wildman–Crippen LogP) is 3.01. The van der Waals surface area contributed by atoms with Crippen molar-refractivity contribution in [2.75, 3.05) is 4.90 Å². The first-order chi connectivity index (χ1) is 10.7. The van der Waals surface area contributed by atoms with Crippen LogP contribution >= 0.6 is 0 Å². The number of alkyl halides is 3. The Morgan fingerprint density at radius 1 is 1.35 bits per heavy atom. The van der Waals surface area contributed by atoms with Crippen molar-refractivity contribution in [2.24, 2.45) is 5.10 Å². The summed E-state index contributed by atoms with van der Waals surface area (Å²) in [4.78, 5) is 28.6. The molecule has 0 N–H and O–H groups in total. The molecule has 0 aromatic heterocycles. The zero-order valence-corrected chi connectivity index (χ0v) is 11.8. The molecule has 2 aliphatic heterocycles. The van der Waals surface area contributed by atoms with Crippen molar-refractivity contribution in [3.8, 4) is 0 Å². The van der Waals surface area contributed by atoms with Crippen molar-refractivity contribution in [3.05, 3.63) is 35.2 Å². The van der Waals surface area contributed by atoms with Gasteiger partial charge in [-0.05, 0) is 24.6 Å². The van der Waals surface area contributed by atoms with Crippen LogP contribution in [-0.2, 0) is 4.79 Å². The van der Waals surface area contributed by atoms with E-state index in [-0.39, 0.29) is 5.69 Å². The summed E-state index contributed by atoms with van der Waals surface area (Å²) >= 11 is 0. The highest BCUT2D eigenvalue weighted by Gasteiger charge is 2.54. The highest BCUT2D eigenvalue weighted by atomic mass is 19.4. The second-order valence-corrected chi connectivity index (χ2v) is 5.15. The Hall–Kier alpha value is -2.89. The van der Waals surface area contributed by atoms with E-state index >= 15 is 0 Å². The van der Waals surface area contributed by atoms with Crippen molar-refractivity contribution in [2.45, 2.75) is 25.6 Å². The zero-order chi connectivity index (χ0) is 16.9. The third-order valence-corrected chi connectivity index (χ3v) is 3.69. The third kappa shape index (κ3) is 2.23. The van der Waals surface area contributed by atoms with Crippen LogP contribution in [-0.4, -0.2) is 34.9 Å². The van der Waals surface area contributed by atoms with Crippen molar-refractivity contribution in [1.82, 2.24) is 5.01 Å². The van der Waals surface area contributed by atoms with E-state index in [1.807, 2.05) is 0 Å². The number of aryl methyl sites for hydroxylation is 1. The van der Waals surface area contributed by atoms with E-state index in [1.165, 1.54) is 18.2 Å². The number of benzene rings is 1. The van der Waals surface area contributed by atoms with Crippen LogP contribution < -0.4 is 4.90 Å². The van der Waals surface area contributed by atoms with Crippen LogP contribution in [0.2, 0.25) is 0 Å². The fourth-order valence-electron chi connectivity index (χ4n) is 2.54. The van der Waals surface area contributed by atoms with Gasteiger partial charge in [0.25, 0.3) is 5.91 Å². The molecular weight excluding hydrogens is 313 g/mol. The Morgan fingerprint density at radius 3 is 2.57 bits per heavy atom. The summed E-state index contributed by atoms with van der Waals surface area (Å²) in [5, 5.41) is 3.82. The number of hydrogen-bond donors (Lipinski definition) is 0. The molecule has 6 nitrogen and oxygen atoms in total. The lowest BCUT2D eigenvalue weighted by molar-refractivity contribution is -0.119.